The van der Waals surface area contributed by atoms with E-state index in [9.17, 15) is 4.79 Å². The number of likely N-dealkylation sites (N-methyl/N-ethyl adjacent to an activating group) is 1. The molecule has 1 fully saturated rings. The van der Waals surface area contributed by atoms with E-state index >= 15 is 0 Å². The summed E-state index contributed by atoms with van der Waals surface area (Å²) in [5, 5.41) is 4.38. The second kappa shape index (κ2) is 6.50. The van der Waals surface area contributed by atoms with Crippen LogP contribution >= 0.6 is 0 Å². The van der Waals surface area contributed by atoms with E-state index in [0.717, 1.165) is 36.3 Å². The number of carbonyl (C=O) groups is 1. The molecule has 1 atom stereocenters. The van der Waals surface area contributed by atoms with Gasteiger partial charge in [0.25, 0.3) is 0 Å². The maximum absolute atomic E-state index is 12.0. The van der Waals surface area contributed by atoms with Gasteiger partial charge in [-0.05, 0) is 51.1 Å². The van der Waals surface area contributed by atoms with Crippen LogP contribution in [0, 0.1) is 6.92 Å². The number of nitrogens with zero attached hydrogens (tertiary/aromatic N) is 3. The number of methoxy groups -OCH3 is 1. The van der Waals surface area contributed by atoms with Gasteiger partial charge in [0.2, 0.25) is 0 Å². The van der Waals surface area contributed by atoms with Gasteiger partial charge in [-0.1, -0.05) is 0 Å². The number of fused-ring (bicyclic) bond motifs is 1. The van der Waals surface area contributed by atoms with E-state index in [-0.39, 0.29) is 5.97 Å². The van der Waals surface area contributed by atoms with Crippen molar-refractivity contribution in [1.29, 1.82) is 0 Å². The lowest BCUT2D eigenvalue weighted by Crippen LogP contribution is -2.39. The third-order valence-electron chi connectivity index (χ3n) is 4.25. The summed E-state index contributed by atoms with van der Waals surface area (Å²) in [7, 11) is 3.51. The molecular weight excluding hydrogens is 292 g/mol. The molecule has 6 heteroatoms. The van der Waals surface area contributed by atoms with Gasteiger partial charge in [0.05, 0.1) is 18.2 Å². The first-order chi connectivity index (χ1) is 11.1. The standard InChI is InChI=1S/C17H22N4O2/c1-11-7-13-15(14(8-11)17(22)23-3)18-10-19-16(13)20-12-5-4-6-21(2)9-12/h7-8,10,12H,4-6,9H2,1-3H3,(H,18,19,20). The number of esters is 1. The van der Waals surface area contributed by atoms with Gasteiger partial charge < -0.3 is 15.0 Å². The first kappa shape index (κ1) is 15.7. The van der Waals surface area contributed by atoms with Crippen molar-refractivity contribution in [1.82, 2.24) is 14.9 Å². The zero-order valence-electron chi connectivity index (χ0n) is 13.8. The number of aromatic nitrogens is 2. The third-order valence-corrected chi connectivity index (χ3v) is 4.25. The highest BCUT2D eigenvalue weighted by Gasteiger charge is 2.20. The number of ether oxygens (including phenoxy) is 1. The van der Waals surface area contributed by atoms with Crippen molar-refractivity contribution < 1.29 is 9.53 Å². The molecule has 0 aliphatic carbocycles. The van der Waals surface area contributed by atoms with Crippen LogP contribution in [0.1, 0.15) is 28.8 Å². The van der Waals surface area contributed by atoms with Gasteiger partial charge in [0.15, 0.2) is 0 Å². The average Bonchev–Trinajstić information content (AvgIpc) is 2.54. The van der Waals surface area contributed by atoms with Crippen molar-refractivity contribution in [3.63, 3.8) is 0 Å². The fourth-order valence-corrected chi connectivity index (χ4v) is 3.17. The molecule has 6 nitrogen and oxygen atoms in total. The Morgan fingerprint density at radius 3 is 2.96 bits per heavy atom. The van der Waals surface area contributed by atoms with Crippen LogP contribution in [0.25, 0.3) is 10.9 Å². The summed E-state index contributed by atoms with van der Waals surface area (Å²) < 4.78 is 4.88. The number of piperidine rings is 1. The zero-order chi connectivity index (χ0) is 16.4. The Kier molecular flexibility index (Phi) is 4.43. The number of hydrogen-bond acceptors (Lipinski definition) is 6. The molecule has 3 rings (SSSR count). The summed E-state index contributed by atoms with van der Waals surface area (Å²) in [6, 6.07) is 4.17. The quantitative estimate of drug-likeness (QED) is 0.876. The summed E-state index contributed by atoms with van der Waals surface area (Å²) >= 11 is 0. The van der Waals surface area contributed by atoms with E-state index in [2.05, 4.69) is 27.2 Å². The Balaban J connectivity index is 2.01. The van der Waals surface area contributed by atoms with Gasteiger partial charge in [0, 0.05) is 18.0 Å². The molecule has 122 valence electrons. The van der Waals surface area contributed by atoms with E-state index in [1.165, 1.54) is 19.9 Å². The Morgan fingerprint density at radius 1 is 1.39 bits per heavy atom. The molecule has 2 aromatic rings. The zero-order valence-corrected chi connectivity index (χ0v) is 13.8. The molecule has 0 bridgehead atoms. The van der Waals surface area contributed by atoms with Crippen molar-refractivity contribution in [2.45, 2.75) is 25.8 Å². The number of nitrogens with one attached hydrogen (secondary N) is 1. The number of benzene rings is 1. The Morgan fingerprint density at radius 2 is 2.22 bits per heavy atom. The van der Waals surface area contributed by atoms with Crippen LogP contribution < -0.4 is 5.32 Å². The fourth-order valence-electron chi connectivity index (χ4n) is 3.17. The molecule has 0 saturated carbocycles. The molecule has 1 N–H and O–H groups in total. The minimum atomic E-state index is -0.374. The minimum Gasteiger partial charge on any atom is -0.465 e. The van der Waals surface area contributed by atoms with Crippen molar-refractivity contribution >= 4 is 22.7 Å². The normalized spacial score (nSPS) is 18.8. The molecule has 1 aliphatic heterocycles. The molecule has 1 aliphatic rings. The number of likely N-dealkylation sites (tertiary alicyclic amines) is 1. The summed E-state index contributed by atoms with van der Waals surface area (Å²) in [6.45, 7) is 4.08. The van der Waals surface area contributed by atoms with Crippen LogP contribution in [0.15, 0.2) is 18.5 Å². The number of anilines is 1. The average molecular weight is 314 g/mol. The van der Waals surface area contributed by atoms with E-state index in [1.54, 1.807) is 6.07 Å². The smallest absolute Gasteiger partial charge is 0.340 e. The second-order valence-electron chi connectivity index (χ2n) is 6.17. The summed E-state index contributed by atoms with van der Waals surface area (Å²) in [6.07, 6.45) is 3.79. The highest BCUT2D eigenvalue weighted by molar-refractivity contribution is 6.05. The van der Waals surface area contributed by atoms with Crippen LogP contribution in [0.5, 0.6) is 0 Å². The molecule has 0 spiro atoms. The topological polar surface area (TPSA) is 67.3 Å². The predicted molar refractivity (Wildman–Crippen MR) is 89.8 cm³/mol. The molecule has 2 heterocycles. The van der Waals surface area contributed by atoms with Gasteiger partial charge in [-0.25, -0.2) is 14.8 Å². The third kappa shape index (κ3) is 3.27. The van der Waals surface area contributed by atoms with E-state index < -0.39 is 0 Å². The van der Waals surface area contributed by atoms with Gasteiger partial charge in [-0.3, -0.25) is 0 Å². The summed E-state index contributed by atoms with van der Waals surface area (Å²) in [4.78, 5) is 23.0. The Hall–Kier alpha value is -2.21. The first-order valence-corrected chi connectivity index (χ1v) is 7.87. The molecule has 23 heavy (non-hydrogen) atoms. The van der Waals surface area contributed by atoms with Gasteiger partial charge in [0.1, 0.15) is 12.1 Å². The molecule has 1 aromatic heterocycles. The van der Waals surface area contributed by atoms with Crippen LogP contribution in [0.3, 0.4) is 0 Å². The molecule has 1 aromatic carbocycles. The van der Waals surface area contributed by atoms with E-state index in [1.807, 2.05) is 13.0 Å². The SMILES string of the molecule is COC(=O)c1cc(C)cc2c(NC3CCCN(C)C3)ncnc12. The highest BCUT2D eigenvalue weighted by Crippen LogP contribution is 2.26. The van der Waals surface area contributed by atoms with Gasteiger partial charge >= 0.3 is 5.97 Å². The molecular formula is C17H22N4O2. The number of hydrogen-bond donors (Lipinski definition) is 1. The lowest BCUT2D eigenvalue weighted by atomic mass is 10.0. The number of aryl methyl sites for hydroxylation is 1. The van der Waals surface area contributed by atoms with E-state index in [0.29, 0.717) is 17.1 Å². The number of rotatable bonds is 3. The van der Waals surface area contributed by atoms with Gasteiger partial charge in [-0.2, -0.15) is 0 Å². The van der Waals surface area contributed by atoms with Crippen molar-refractivity contribution in [2.75, 3.05) is 32.6 Å². The Bertz CT molecular complexity index is 732. The van der Waals surface area contributed by atoms with Gasteiger partial charge in [-0.15, -0.1) is 0 Å². The van der Waals surface area contributed by atoms with Crippen LogP contribution in [0.2, 0.25) is 0 Å². The predicted octanol–water partition coefficient (Wildman–Crippen LogP) is 2.23. The van der Waals surface area contributed by atoms with Crippen LogP contribution in [0.4, 0.5) is 5.82 Å². The van der Waals surface area contributed by atoms with Crippen molar-refractivity contribution in [3.05, 3.63) is 29.6 Å². The summed E-state index contributed by atoms with van der Waals surface area (Å²) in [5.41, 5.74) is 2.09. The fraction of sp³-hybridized carbons (Fsp3) is 0.471. The monoisotopic (exact) mass is 314 g/mol. The maximum atomic E-state index is 12.0. The maximum Gasteiger partial charge on any atom is 0.340 e. The number of carbonyl (C=O) groups excluding carboxylic acids is 1. The van der Waals surface area contributed by atoms with Crippen molar-refractivity contribution in [2.24, 2.45) is 0 Å². The molecule has 1 unspecified atom stereocenters. The molecule has 1 saturated heterocycles. The Labute approximate surface area is 135 Å². The summed E-state index contributed by atoms with van der Waals surface area (Å²) in [5.74, 6) is 0.407. The first-order valence-electron chi connectivity index (χ1n) is 7.87. The van der Waals surface area contributed by atoms with E-state index in [4.69, 9.17) is 4.74 Å². The van der Waals surface area contributed by atoms with Crippen LogP contribution in [-0.2, 0) is 4.74 Å². The minimum absolute atomic E-state index is 0.355. The lowest BCUT2D eigenvalue weighted by molar-refractivity contribution is 0.0602. The second-order valence-corrected chi connectivity index (χ2v) is 6.17. The lowest BCUT2D eigenvalue weighted by Gasteiger charge is -2.30. The largest absolute Gasteiger partial charge is 0.465 e. The highest BCUT2D eigenvalue weighted by atomic mass is 16.5. The molecule has 0 amide bonds. The van der Waals surface area contributed by atoms with Crippen LogP contribution in [-0.4, -0.2) is 54.1 Å². The van der Waals surface area contributed by atoms with Crippen molar-refractivity contribution in [3.8, 4) is 0 Å². The molecule has 0 radical (unpaired) electrons.